The zero-order chi connectivity index (χ0) is 40.6. The van der Waals surface area contributed by atoms with Gasteiger partial charge in [-0.15, -0.1) is 0 Å². The molecule has 1 aliphatic carbocycles. The summed E-state index contributed by atoms with van der Waals surface area (Å²) in [4.78, 5) is 20.3. The van der Waals surface area contributed by atoms with Crippen LogP contribution in [0.3, 0.4) is 0 Å². The van der Waals surface area contributed by atoms with Gasteiger partial charge in [-0.05, 0) is 81.6 Å². The largest absolute Gasteiger partial charge is 0.378 e. The summed E-state index contributed by atoms with van der Waals surface area (Å²) >= 11 is 2.27. The first kappa shape index (κ1) is 43.2. The molecular formula is C41H53N13S2. The molecule has 12 N–H and O–H groups in total. The topological polar surface area (TPSA) is 242 Å². The minimum Gasteiger partial charge on any atom is -0.378 e. The van der Waals surface area contributed by atoms with Crippen molar-refractivity contribution in [2.24, 2.45) is 11.5 Å². The van der Waals surface area contributed by atoms with Crippen molar-refractivity contribution in [1.82, 2.24) is 24.9 Å². The van der Waals surface area contributed by atoms with Crippen molar-refractivity contribution in [2.75, 3.05) is 16.5 Å². The average Bonchev–Trinajstić information content (AvgIpc) is 3.84. The Morgan fingerprint density at radius 3 is 2.00 bits per heavy atom. The lowest BCUT2D eigenvalue weighted by atomic mass is 9.95. The molecule has 4 heterocycles. The van der Waals surface area contributed by atoms with E-state index in [1.54, 1.807) is 12.4 Å². The number of amidine groups is 1. The summed E-state index contributed by atoms with van der Waals surface area (Å²) in [7, 11) is 0. The molecule has 1 aliphatic rings. The lowest BCUT2D eigenvalue weighted by Crippen LogP contribution is -2.22. The van der Waals surface area contributed by atoms with Crippen molar-refractivity contribution in [3.8, 4) is 22.5 Å². The fourth-order valence-corrected chi connectivity index (χ4v) is 7.19. The number of H-pyrrole nitrogens is 2. The fourth-order valence-electron chi connectivity index (χ4n) is 6.27. The van der Waals surface area contributed by atoms with E-state index in [2.05, 4.69) is 51.1 Å². The maximum atomic E-state index is 8.15. The second-order valence-electron chi connectivity index (χ2n) is 12.8. The maximum absolute atomic E-state index is 8.15. The van der Waals surface area contributed by atoms with Crippen LogP contribution in [0.1, 0.15) is 70.9 Å². The predicted octanol–water partition coefficient (Wildman–Crippen LogP) is 9.64. The highest BCUT2D eigenvalue weighted by atomic mass is 32.2. The molecule has 0 saturated heterocycles. The van der Waals surface area contributed by atoms with Crippen molar-refractivity contribution in [2.45, 2.75) is 71.9 Å². The number of benzene rings is 2. The van der Waals surface area contributed by atoms with Crippen LogP contribution in [0.2, 0.25) is 0 Å². The van der Waals surface area contributed by atoms with Crippen LogP contribution in [0, 0.1) is 21.6 Å². The van der Waals surface area contributed by atoms with Crippen molar-refractivity contribution >= 4 is 78.9 Å². The number of aromatic nitrogens is 5. The maximum Gasteiger partial charge on any atom is 0.157 e. The highest BCUT2D eigenvalue weighted by molar-refractivity contribution is 8.26. The molecule has 15 heteroatoms. The van der Waals surface area contributed by atoms with Gasteiger partial charge < -0.3 is 37.5 Å². The third kappa shape index (κ3) is 11.5. The SMILES string of the molecule is C=N.CC.CC(C)Nc1cncc(-c2c[nH]c3ccc(C(=N)SCN)cc23)n1.N=C(N)SC(=N)c1ccc2[nH]cc(-c3cccc(NC4CCCCC4)n3)c2c1. The monoisotopic (exact) mass is 791 g/mol. The molecule has 6 aromatic rings. The van der Waals surface area contributed by atoms with Gasteiger partial charge in [-0.1, -0.05) is 63.1 Å². The summed E-state index contributed by atoms with van der Waals surface area (Å²) in [5, 5.41) is 38.6. The molecule has 0 atom stereocenters. The van der Waals surface area contributed by atoms with E-state index in [9.17, 15) is 0 Å². The molecule has 13 nitrogen and oxygen atoms in total. The number of hydrogen-bond donors (Lipinski definition) is 10. The predicted molar refractivity (Wildman–Crippen MR) is 241 cm³/mol. The summed E-state index contributed by atoms with van der Waals surface area (Å²) in [6, 6.07) is 18.5. The Kier molecular flexibility index (Phi) is 16.6. The summed E-state index contributed by atoms with van der Waals surface area (Å²) < 4.78 is 0. The van der Waals surface area contributed by atoms with Crippen LogP contribution in [-0.2, 0) is 0 Å². The summed E-state index contributed by atoms with van der Waals surface area (Å²) in [6.07, 6.45) is 13.7. The number of pyridine rings is 1. The first-order valence-electron chi connectivity index (χ1n) is 18.6. The highest BCUT2D eigenvalue weighted by Crippen LogP contribution is 2.31. The van der Waals surface area contributed by atoms with E-state index >= 15 is 0 Å². The van der Waals surface area contributed by atoms with E-state index in [0.717, 1.165) is 78.8 Å². The Morgan fingerprint density at radius 2 is 1.41 bits per heavy atom. The van der Waals surface area contributed by atoms with E-state index in [0.29, 0.717) is 17.0 Å². The molecule has 294 valence electrons. The molecule has 2 aromatic carbocycles. The van der Waals surface area contributed by atoms with Crippen LogP contribution in [0.15, 0.2) is 79.4 Å². The lowest BCUT2D eigenvalue weighted by Gasteiger charge is -2.23. The van der Waals surface area contributed by atoms with Gasteiger partial charge in [0.05, 0.1) is 28.8 Å². The first-order chi connectivity index (χ1) is 27.2. The van der Waals surface area contributed by atoms with Crippen LogP contribution < -0.4 is 22.1 Å². The molecule has 1 saturated carbocycles. The second-order valence-corrected chi connectivity index (χ2v) is 14.9. The number of nitrogens with two attached hydrogens (primary N) is 2. The molecule has 0 bridgehead atoms. The van der Waals surface area contributed by atoms with Gasteiger partial charge in [0.2, 0.25) is 0 Å². The average molecular weight is 792 g/mol. The van der Waals surface area contributed by atoms with Crippen molar-refractivity contribution < 1.29 is 0 Å². The number of rotatable bonds is 9. The Hall–Kier alpha value is -5.51. The van der Waals surface area contributed by atoms with Crippen molar-refractivity contribution in [1.29, 1.82) is 21.6 Å². The van der Waals surface area contributed by atoms with Gasteiger partial charge in [0.25, 0.3) is 0 Å². The van der Waals surface area contributed by atoms with Gasteiger partial charge in [0, 0.05) is 74.4 Å². The Balaban J connectivity index is 0.000000231. The van der Waals surface area contributed by atoms with Gasteiger partial charge in [-0.25, -0.2) is 9.97 Å². The molecule has 0 unspecified atom stereocenters. The smallest absolute Gasteiger partial charge is 0.157 e. The van der Waals surface area contributed by atoms with Crippen LogP contribution >= 0.6 is 23.5 Å². The first-order valence-corrected chi connectivity index (χ1v) is 20.4. The Labute approximate surface area is 337 Å². The summed E-state index contributed by atoms with van der Waals surface area (Å²) in [5.74, 6) is 2.06. The van der Waals surface area contributed by atoms with Crippen molar-refractivity contribution in [3.63, 3.8) is 0 Å². The van der Waals surface area contributed by atoms with Crippen LogP contribution in [0.25, 0.3) is 44.3 Å². The van der Waals surface area contributed by atoms with E-state index in [1.165, 1.54) is 43.9 Å². The zero-order valence-electron chi connectivity index (χ0n) is 32.4. The van der Waals surface area contributed by atoms with Crippen LogP contribution in [0.5, 0.6) is 0 Å². The minimum atomic E-state index is -0.0810. The van der Waals surface area contributed by atoms with Gasteiger partial charge in [0.1, 0.15) is 16.7 Å². The van der Waals surface area contributed by atoms with Gasteiger partial charge in [-0.3, -0.25) is 21.2 Å². The van der Waals surface area contributed by atoms with Gasteiger partial charge in [0.15, 0.2) is 5.17 Å². The Bertz CT molecular complexity index is 2220. The lowest BCUT2D eigenvalue weighted by molar-refractivity contribution is 0.462. The van der Waals surface area contributed by atoms with E-state index in [1.807, 2.05) is 80.8 Å². The summed E-state index contributed by atoms with van der Waals surface area (Å²) in [5.41, 5.74) is 18.2. The zero-order valence-corrected chi connectivity index (χ0v) is 34.1. The molecule has 0 radical (unpaired) electrons. The number of anilines is 2. The number of nitrogens with zero attached hydrogens (tertiary/aromatic N) is 3. The Morgan fingerprint density at radius 1 is 0.821 bits per heavy atom. The van der Waals surface area contributed by atoms with Gasteiger partial charge in [-0.2, -0.15) is 0 Å². The molecule has 1 fully saturated rings. The number of aromatic amines is 2. The molecule has 0 aliphatic heterocycles. The van der Waals surface area contributed by atoms with E-state index in [-0.39, 0.29) is 16.3 Å². The van der Waals surface area contributed by atoms with E-state index in [4.69, 9.17) is 38.1 Å². The van der Waals surface area contributed by atoms with Crippen molar-refractivity contribution in [3.05, 3.63) is 90.5 Å². The molecule has 0 amide bonds. The number of hydrogen-bond acceptors (Lipinski definition) is 12. The number of nitrogens with one attached hydrogen (secondary N) is 8. The molecule has 0 spiro atoms. The molecular weight excluding hydrogens is 739 g/mol. The second kappa shape index (κ2) is 21.5. The molecule has 56 heavy (non-hydrogen) atoms. The molecule has 7 rings (SSSR count). The van der Waals surface area contributed by atoms with Crippen LogP contribution in [-0.4, -0.2) is 64.9 Å². The third-order valence-electron chi connectivity index (χ3n) is 8.66. The quantitative estimate of drug-likeness (QED) is 0.0380. The molecule has 4 aromatic heterocycles. The van der Waals surface area contributed by atoms with Gasteiger partial charge >= 0.3 is 0 Å². The number of thioether (sulfide) groups is 2. The summed E-state index contributed by atoms with van der Waals surface area (Å²) in [6.45, 7) is 10.6. The standard InChI is InChI=1S/C21H24N6S.C17H20N6S.C2H6.CH3N/c22-20(28-21(23)24)13-9-10-17-15(11-13)16(12-25-17)18-7-4-8-19(27-18)26-14-5-2-1-3-6-14;1-10(2)22-16-8-20-7-15(23-16)13-6-21-14-4-3-11(5-12(13)14)17(19)24-9-18;2*1-2/h4,7-12,14,22,25H,1-3,5-6H2,(H3,23,24)(H,26,27);3-8,10,19,21H,9,18H2,1-2H3,(H,22,23);1-2H3;2H,1H2. The fraction of sp³-hybridized carbons (Fsp3) is 0.293. The third-order valence-corrected chi connectivity index (χ3v) is 10.0. The minimum absolute atomic E-state index is 0.0810. The van der Waals surface area contributed by atoms with Crippen LogP contribution in [0.4, 0.5) is 11.6 Å². The highest BCUT2D eigenvalue weighted by Gasteiger charge is 2.16. The number of fused-ring (bicyclic) bond motifs is 2. The van der Waals surface area contributed by atoms with E-state index < -0.39 is 0 Å². The normalized spacial score (nSPS) is 12.4.